The summed E-state index contributed by atoms with van der Waals surface area (Å²) in [5, 5.41) is 0. The molecule has 0 radical (unpaired) electrons. The molecule has 4 heterocycles. The molecule has 2 aliphatic heterocycles. The Morgan fingerprint density at radius 1 is 0.971 bits per heavy atom. The summed E-state index contributed by atoms with van der Waals surface area (Å²) in [4.78, 5) is 10.4. The van der Waals surface area contributed by atoms with E-state index in [1.54, 1.807) is 0 Å². The Morgan fingerprint density at radius 3 is 2.49 bits per heavy atom. The van der Waals surface area contributed by atoms with Crippen molar-refractivity contribution in [3.63, 3.8) is 0 Å². The summed E-state index contributed by atoms with van der Waals surface area (Å²) in [7, 11) is 0. The number of hydrogen-bond acceptors (Lipinski definition) is 2. The number of benzene rings is 2. The summed E-state index contributed by atoms with van der Waals surface area (Å²) < 4.78 is 13.6. The molecule has 4 heteroatoms. The average molecular weight is 464 g/mol. The zero-order valence-corrected chi connectivity index (χ0v) is 20.0. The van der Waals surface area contributed by atoms with Gasteiger partial charge in [-0.2, -0.15) is 0 Å². The fraction of sp³-hybridized carbons (Fsp3) is 0.258. The van der Waals surface area contributed by atoms with Crippen LogP contribution in [-0.4, -0.2) is 34.0 Å². The standard InChI is InChI=1S/C31H30FN3/c1-2-21-3-5-22(6-4-21)26-18-28-17-25(13-16-35(28)20-26)29-19-34-31(24-7-9-27(32)10-8-24)30(29)23-11-14-33-15-12-23/h3-12,14-15,17,19,26,28,34H,2,13,16,18,20H2,1H3/t26-,28-/m1/s1. The molecule has 1 saturated heterocycles. The van der Waals surface area contributed by atoms with Gasteiger partial charge in [0.2, 0.25) is 0 Å². The maximum absolute atomic E-state index is 13.6. The van der Waals surface area contributed by atoms with Crippen LogP contribution in [0.25, 0.3) is 28.0 Å². The van der Waals surface area contributed by atoms with E-state index < -0.39 is 0 Å². The predicted octanol–water partition coefficient (Wildman–Crippen LogP) is 7.09. The fourth-order valence-corrected chi connectivity index (χ4v) is 5.77. The largest absolute Gasteiger partial charge is 0.360 e. The lowest BCUT2D eigenvalue weighted by Crippen LogP contribution is -2.32. The Balaban J connectivity index is 1.34. The molecule has 2 aromatic heterocycles. The van der Waals surface area contributed by atoms with Crippen LogP contribution in [0, 0.1) is 5.82 Å². The van der Waals surface area contributed by atoms with Gasteiger partial charge in [-0.1, -0.05) is 37.3 Å². The van der Waals surface area contributed by atoms with Gasteiger partial charge in [-0.05, 0) is 89.4 Å². The number of hydrogen-bond donors (Lipinski definition) is 1. The van der Waals surface area contributed by atoms with Crippen LogP contribution in [0.2, 0.25) is 0 Å². The summed E-state index contributed by atoms with van der Waals surface area (Å²) in [6.45, 7) is 4.41. The number of aromatic nitrogens is 2. The van der Waals surface area contributed by atoms with E-state index in [0.29, 0.717) is 12.0 Å². The Morgan fingerprint density at radius 2 is 1.74 bits per heavy atom. The first-order valence-electron chi connectivity index (χ1n) is 12.6. The van der Waals surface area contributed by atoms with Crippen molar-refractivity contribution in [1.82, 2.24) is 14.9 Å². The van der Waals surface area contributed by atoms with Crippen LogP contribution in [0.5, 0.6) is 0 Å². The number of aromatic amines is 1. The minimum absolute atomic E-state index is 0.221. The lowest BCUT2D eigenvalue weighted by atomic mass is 9.90. The van der Waals surface area contributed by atoms with Crippen molar-refractivity contribution in [3.8, 4) is 22.4 Å². The first-order valence-corrected chi connectivity index (χ1v) is 12.6. The first-order chi connectivity index (χ1) is 17.2. The minimum Gasteiger partial charge on any atom is -0.360 e. The molecule has 2 atom stereocenters. The van der Waals surface area contributed by atoms with Crippen LogP contribution in [0.4, 0.5) is 4.39 Å². The molecular formula is C31H30FN3. The number of nitrogens with zero attached hydrogens (tertiary/aromatic N) is 2. The molecule has 1 fully saturated rings. The summed E-state index contributed by atoms with van der Waals surface area (Å²) in [5.74, 6) is 0.364. The van der Waals surface area contributed by atoms with Gasteiger partial charge in [0.1, 0.15) is 5.82 Å². The van der Waals surface area contributed by atoms with E-state index >= 15 is 0 Å². The Labute approximate surface area is 206 Å². The van der Waals surface area contributed by atoms with E-state index in [4.69, 9.17) is 0 Å². The van der Waals surface area contributed by atoms with Crippen molar-refractivity contribution in [1.29, 1.82) is 0 Å². The molecule has 4 aromatic rings. The highest BCUT2D eigenvalue weighted by Crippen LogP contribution is 2.42. The Kier molecular flexibility index (Phi) is 5.83. The highest BCUT2D eigenvalue weighted by molar-refractivity contribution is 5.91. The highest BCUT2D eigenvalue weighted by Gasteiger charge is 2.34. The van der Waals surface area contributed by atoms with Crippen LogP contribution in [0.1, 0.15) is 42.4 Å². The molecule has 0 saturated carbocycles. The SMILES string of the molecule is CCc1ccc([C@@H]2C[C@H]3C=C(c4c[nH]c(-c5ccc(F)cc5)c4-c4ccncc4)CCN3C2)cc1. The van der Waals surface area contributed by atoms with E-state index in [2.05, 4.69) is 70.5 Å². The number of aryl methyl sites for hydroxylation is 1. The third-order valence-corrected chi connectivity index (χ3v) is 7.70. The molecule has 0 amide bonds. The lowest BCUT2D eigenvalue weighted by molar-refractivity contribution is 0.286. The van der Waals surface area contributed by atoms with Gasteiger partial charge in [-0.15, -0.1) is 0 Å². The normalized spacial score (nSPS) is 20.0. The zero-order valence-electron chi connectivity index (χ0n) is 20.0. The van der Waals surface area contributed by atoms with Crippen molar-refractivity contribution >= 4 is 5.57 Å². The summed E-state index contributed by atoms with van der Waals surface area (Å²) in [5.41, 5.74) is 9.80. The molecule has 6 rings (SSSR count). The summed E-state index contributed by atoms with van der Waals surface area (Å²) >= 11 is 0. The third kappa shape index (κ3) is 4.23. The van der Waals surface area contributed by atoms with Gasteiger partial charge >= 0.3 is 0 Å². The van der Waals surface area contributed by atoms with Crippen LogP contribution in [0.15, 0.2) is 85.3 Å². The number of fused-ring (bicyclic) bond motifs is 1. The molecule has 176 valence electrons. The molecule has 3 nitrogen and oxygen atoms in total. The topological polar surface area (TPSA) is 31.9 Å². The molecule has 1 N–H and O–H groups in total. The van der Waals surface area contributed by atoms with Gasteiger partial charge in [-0.3, -0.25) is 9.88 Å². The quantitative estimate of drug-likeness (QED) is 0.343. The summed E-state index contributed by atoms with van der Waals surface area (Å²) in [6.07, 6.45) is 11.6. The number of halogens is 1. The fourth-order valence-electron chi connectivity index (χ4n) is 5.77. The van der Waals surface area contributed by atoms with Crippen molar-refractivity contribution < 1.29 is 4.39 Å². The lowest BCUT2D eigenvalue weighted by Gasteiger charge is -2.28. The molecule has 0 spiro atoms. The third-order valence-electron chi connectivity index (χ3n) is 7.70. The van der Waals surface area contributed by atoms with Crippen LogP contribution in [-0.2, 0) is 6.42 Å². The summed E-state index contributed by atoms with van der Waals surface area (Å²) in [6, 6.07) is 20.5. The maximum atomic E-state index is 13.6. The van der Waals surface area contributed by atoms with Gasteiger partial charge in [0, 0.05) is 48.8 Å². The molecule has 2 aliphatic rings. The van der Waals surface area contributed by atoms with Crippen molar-refractivity contribution in [2.75, 3.05) is 13.1 Å². The van der Waals surface area contributed by atoms with Crippen molar-refractivity contribution in [2.24, 2.45) is 0 Å². The molecular weight excluding hydrogens is 433 g/mol. The second-order valence-electron chi connectivity index (χ2n) is 9.73. The first kappa shape index (κ1) is 22.0. The number of rotatable bonds is 5. The zero-order chi connectivity index (χ0) is 23.8. The predicted molar refractivity (Wildman–Crippen MR) is 141 cm³/mol. The molecule has 0 bridgehead atoms. The van der Waals surface area contributed by atoms with E-state index in [-0.39, 0.29) is 5.82 Å². The number of H-pyrrole nitrogens is 1. The van der Waals surface area contributed by atoms with Crippen LogP contribution in [0.3, 0.4) is 0 Å². The van der Waals surface area contributed by atoms with E-state index in [1.807, 2.05) is 24.5 Å². The molecule has 2 aromatic carbocycles. The number of nitrogens with one attached hydrogen (secondary N) is 1. The average Bonchev–Trinajstić information content (AvgIpc) is 3.54. The Hall–Kier alpha value is -3.50. The maximum Gasteiger partial charge on any atom is 0.123 e. The molecule has 0 unspecified atom stereocenters. The second kappa shape index (κ2) is 9.27. The van der Waals surface area contributed by atoms with E-state index in [1.165, 1.54) is 40.0 Å². The van der Waals surface area contributed by atoms with Crippen molar-refractivity contribution in [3.05, 3.63) is 108 Å². The molecule has 35 heavy (non-hydrogen) atoms. The highest BCUT2D eigenvalue weighted by atomic mass is 19.1. The minimum atomic E-state index is -0.221. The smallest absolute Gasteiger partial charge is 0.123 e. The van der Waals surface area contributed by atoms with E-state index in [0.717, 1.165) is 49.2 Å². The molecule has 0 aliphatic carbocycles. The Bertz CT molecular complexity index is 1340. The monoisotopic (exact) mass is 463 g/mol. The number of pyridine rings is 1. The van der Waals surface area contributed by atoms with Gasteiger partial charge < -0.3 is 4.98 Å². The van der Waals surface area contributed by atoms with Gasteiger partial charge in [-0.25, -0.2) is 4.39 Å². The van der Waals surface area contributed by atoms with Crippen LogP contribution < -0.4 is 0 Å². The second-order valence-corrected chi connectivity index (χ2v) is 9.73. The van der Waals surface area contributed by atoms with Crippen LogP contribution >= 0.6 is 0 Å². The van der Waals surface area contributed by atoms with Gasteiger partial charge in [0.25, 0.3) is 0 Å². The van der Waals surface area contributed by atoms with E-state index in [9.17, 15) is 4.39 Å². The van der Waals surface area contributed by atoms with Crippen molar-refractivity contribution in [2.45, 2.75) is 38.1 Å². The van der Waals surface area contributed by atoms with Gasteiger partial charge in [0.05, 0.1) is 5.69 Å². The van der Waals surface area contributed by atoms with Gasteiger partial charge in [0.15, 0.2) is 0 Å².